The Morgan fingerprint density at radius 1 is 1.17 bits per heavy atom. The summed E-state index contributed by atoms with van der Waals surface area (Å²) in [6.45, 7) is 0.765. The number of aromatic nitrogens is 2. The molecule has 3 aromatic rings. The molecule has 0 unspecified atom stereocenters. The van der Waals surface area contributed by atoms with Crippen molar-refractivity contribution < 1.29 is 0 Å². The predicted molar refractivity (Wildman–Crippen MR) is 74.9 cm³/mol. The lowest BCUT2D eigenvalue weighted by Crippen LogP contribution is -1.99. The van der Waals surface area contributed by atoms with E-state index in [1.807, 2.05) is 18.3 Å². The van der Waals surface area contributed by atoms with E-state index in [1.54, 1.807) is 6.20 Å². The number of rotatable bonds is 3. The van der Waals surface area contributed by atoms with E-state index in [-0.39, 0.29) is 0 Å². The molecule has 0 bridgehead atoms. The molecule has 0 aliphatic rings. The van der Waals surface area contributed by atoms with E-state index in [9.17, 15) is 0 Å². The van der Waals surface area contributed by atoms with E-state index in [2.05, 4.69) is 39.6 Å². The number of anilines is 1. The van der Waals surface area contributed by atoms with Crippen molar-refractivity contribution in [3.05, 3.63) is 59.5 Å². The molecular weight excluding hydrogens is 246 g/mol. The highest BCUT2D eigenvalue weighted by Gasteiger charge is 1.98. The molecule has 0 fully saturated rings. The first-order valence-corrected chi connectivity index (χ1v) is 6.10. The Morgan fingerprint density at radius 3 is 3.00 bits per heavy atom. The molecule has 2 aromatic heterocycles. The van der Waals surface area contributed by atoms with Crippen molar-refractivity contribution in [1.82, 2.24) is 9.97 Å². The number of hydrogen-bond donors (Lipinski definition) is 2. The quantitative estimate of drug-likeness (QED) is 0.700. The third kappa shape index (κ3) is 2.31. The van der Waals surface area contributed by atoms with Crippen LogP contribution in [0.3, 0.4) is 0 Å². The van der Waals surface area contributed by atoms with Crippen molar-refractivity contribution in [1.29, 1.82) is 0 Å². The van der Waals surface area contributed by atoms with Crippen molar-refractivity contribution >= 4 is 28.2 Å². The summed E-state index contributed by atoms with van der Waals surface area (Å²) < 4.78 is 0. The Morgan fingerprint density at radius 2 is 2.11 bits per heavy atom. The van der Waals surface area contributed by atoms with E-state index in [1.165, 1.54) is 10.9 Å². The number of nitrogens with one attached hydrogen (secondary N) is 2. The molecule has 0 aliphatic carbocycles. The Kier molecular flexibility index (Phi) is 2.90. The van der Waals surface area contributed by atoms with Crippen LogP contribution in [-0.2, 0) is 6.54 Å². The minimum atomic E-state index is 0.501. The van der Waals surface area contributed by atoms with Crippen molar-refractivity contribution in [2.24, 2.45) is 0 Å². The second-order valence-corrected chi connectivity index (χ2v) is 4.51. The lowest BCUT2D eigenvalue weighted by atomic mass is 10.1. The molecule has 3 rings (SSSR count). The van der Waals surface area contributed by atoms with Gasteiger partial charge in [0.15, 0.2) is 0 Å². The lowest BCUT2D eigenvalue weighted by Gasteiger charge is -2.06. The molecule has 18 heavy (non-hydrogen) atoms. The fraction of sp³-hybridized carbons (Fsp3) is 0.0714. The van der Waals surface area contributed by atoms with Gasteiger partial charge in [-0.1, -0.05) is 17.7 Å². The largest absolute Gasteiger partial charge is 0.381 e. The number of benzene rings is 1. The molecule has 0 amide bonds. The molecule has 4 heteroatoms. The van der Waals surface area contributed by atoms with Crippen molar-refractivity contribution in [2.75, 3.05) is 5.32 Å². The van der Waals surface area contributed by atoms with Gasteiger partial charge in [-0.15, -0.1) is 0 Å². The molecule has 0 atom stereocenters. The molecule has 0 saturated carbocycles. The highest BCUT2D eigenvalue weighted by molar-refractivity contribution is 6.29. The van der Waals surface area contributed by atoms with E-state index in [0.717, 1.165) is 17.7 Å². The van der Waals surface area contributed by atoms with Gasteiger partial charge in [-0.25, -0.2) is 4.98 Å². The Bertz CT molecular complexity index is 675. The van der Waals surface area contributed by atoms with Gasteiger partial charge in [0.25, 0.3) is 0 Å². The monoisotopic (exact) mass is 257 g/mol. The molecule has 0 spiro atoms. The number of halogens is 1. The average molecular weight is 258 g/mol. The zero-order valence-electron chi connectivity index (χ0n) is 9.65. The molecule has 0 radical (unpaired) electrons. The smallest absolute Gasteiger partial charge is 0.131 e. The fourth-order valence-electron chi connectivity index (χ4n) is 1.93. The first kappa shape index (κ1) is 11.1. The summed E-state index contributed by atoms with van der Waals surface area (Å²) in [5.74, 6) is 0. The van der Waals surface area contributed by atoms with Gasteiger partial charge < -0.3 is 10.3 Å². The van der Waals surface area contributed by atoms with Gasteiger partial charge >= 0.3 is 0 Å². The molecule has 3 nitrogen and oxygen atoms in total. The molecule has 0 aliphatic heterocycles. The lowest BCUT2D eigenvalue weighted by molar-refractivity contribution is 1.15. The van der Waals surface area contributed by atoms with Gasteiger partial charge in [0.1, 0.15) is 5.15 Å². The second-order valence-electron chi connectivity index (χ2n) is 4.12. The normalized spacial score (nSPS) is 10.7. The van der Waals surface area contributed by atoms with Gasteiger partial charge in [0, 0.05) is 30.1 Å². The number of H-pyrrole nitrogens is 1. The summed E-state index contributed by atoms with van der Waals surface area (Å²) in [7, 11) is 0. The minimum absolute atomic E-state index is 0.501. The number of aromatic amines is 1. The summed E-state index contributed by atoms with van der Waals surface area (Å²) in [5.41, 5.74) is 3.37. The van der Waals surface area contributed by atoms with Gasteiger partial charge in [0.2, 0.25) is 0 Å². The topological polar surface area (TPSA) is 40.7 Å². The fourth-order valence-corrected chi connectivity index (χ4v) is 2.10. The van der Waals surface area contributed by atoms with Crippen LogP contribution in [0.2, 0.25) is 5.15 Å². The van der Waals surface area contributed by atoms with Crippen LogP contribution < -0.4 is 5.32 Å². The Labute approximate surface area is 110 Å². The summed E-state index contributed by atoms with van der Waals surface area (Å²) in [6.07, 6.45) is 3.64. The second kappa shape index (κ2) is 4.70. The van der Waals surface area contributed by atoms with Crippen molar-refractivity contribution in [2.45, 2.75) is 6.54 Å². The predicted octanol–water partition coefficient (Wildman–Crippen LogP) is 3.83. The molecular formula is C14H12ClN3. The highest BCUT2D eigenvalue weighted by atomic mass is 35.5. The zero-order chi connectivity index (χ0) is 12.4. The third-order valence-electron chi connectivity index (χ3n) is 2.84. The van der Waals surface area contributed by atoms with Crippen LogP contribution in [0.25, 0.3) is 10.9 Å². The first-order valence-electron chi connectivity index (χ1n) is 5.73. The maximum absolute atomic E-state index is 5.83. The highest BCUT2D eigenvalue weighted by Crippen LogP contribution is 2.16. The maximum Gasteiger partial charge on any atom is 0.131 e. The minimum Gasteiger partial charge on any atom is -0.381 e. The number of hydrogen-bond acceptors (Lipinski definition) is 2. The van der Waals surface area contributed by atoms with Gasteiger partial charge in [0.05, 0.1) is 0 Å². The Balaban J connectivity index is 1.76. The van der Waals surface area contributed by atoms with Crippen LogP contribution >= 0.6 is 11.6 Å². The first-order chi connectivity index (χ1) is 8.81. The van der Waals surface area contributed by atoms with Crippen LogP contribution in [0.5, 0.6) is 0 Å². The number of nitrogens with zero attached hydrogens (tertiary/aromatic N) is 1. The SMILES string of the molecule is Clc1cc(NCc2ccc3[nH]ccc3c2)ccn1. The van der Waals surface area contributed by atoms with E-state index < -0.39 is 0 Å². The third-order valence-corrected chi connectivity index (χ3v) is 3.05. The van der Waals surface area contributed by atoms with E-state index in [4.69, 9.17) is 11.6 Å². The van der Waals surface area contributed by atoms with Crippen molar-refractivity contribution in [3.63, 3.8) is 0 Å². The molecule has 2 heterocycles. The van der Waals surface area contributed by atoms with Crippen molar-refractivity contribution in [3.8, 4) is 0 Å². The van der Waals surface area contributed by atoms with Crippen LogP contribution in [-0.4, -0.2) is 9.97 Å². The van der Waals surface area contributed by atoms with Crippen LogP contribution in [0.1, 0.15) is 5.56 Å². The summed E-state index contributed by atoms with van der Waals surface area (Å²) in [6, 6.07) is 12.2. The van der Waals surface area contributed by atoms with Crippen LogP contribution in [0.15, 0.2) is 48.8 Å². The summed E-state index contributed by atoms with van der Waals surface area (Å²) in [5, 5.41) is 5.05. The average Bonchev–Trinajstić information content (AvgIpc) is 2.84. The van der Waals surface area contributed by atoms with Gasteiger partial charge in [-0.3, -0.25) is 0 Å². The van der Waals surface area contributed by atoms with E-state index in [0.29, 0.717) is 5.15 Å². The van der Waals surface area contributed by atoms with Gasteiger partial charge in [-0.05, 0) is 41.3 Å². The van der Waals surface area contributed by atoms with Crippen LogP contribution in [0.4, 0.5) is 5.69 Å². The standard InChI is InChI=1S/C14H12ClN3/c15-14-8-12(4-6-17-14)18-9-10-1-2-13-11(7-10)3-5-16-13/h1-8,16H,9H2,(H,17,18). The maximum atomic E-state index is 5.83. The summed E-state index contributed by atoms with van der Waals surface area (Å²) in [4.78, 5) is 7.13. The molecule has 0 saturated heterocycles. The number of pyridine rings is 1. The molecule has 2 N–H and O–H groups in total. The van der Waals surface area contributed by atoms with Crippen LogP contribution in [0, 0.1) is 0 Å². The summed E-state index contributed by atoms with van der Waals surface area (Å²) >= 11 is 5.83. The van der Waals surface area contributed by atoms with Gasteiger partial charge in [-0.2, -0.15) is 0 Å². The zero-order valence-corrected chi connectivity index (χ0v) is 10.4. The molecule has 1 aromatic carbocycles. The Hall–Kier alpha value is -2.00. The molecule has 90 valence electrons. The van der Waals surface area contributed by atoms with E-state index >= 15 is 0 Å². The number of fused-ring (bicyclic) bond motifs is 1.